The average Bonchev–Trinajstić information content (AvgIpc) is 3.38. The van der Waals surface area contributed by atoms with Crippen LogP contribution in [-0.2, 0) is 11.3 Å². The van der Waals surface area contributed by atoms with Crippen molar-refractivity contribution in [3.05, 3.63) is 59.2 Å². The highest BCUT2D eigenvalue weighted by atomic mass is 16.5. The van der Waals surface area contributed by atoms with E-state index in [0.717, 1.165) is 35.5 Å². The van der Waals surface area contributed by atoms with Gasteiger partial charge in [0, 0.05) is 25.4 Å². The highest BCUT2D eigenvalue weighted by Gasteiger charge is 2.31. The standard InChI is InChI=1S/C24H26N2O3/c1-28-22-10-9-19(12-23(22)29-21-7-2-3-8-21)20-13-24(27)26(16-20)15-18-6-4-5-17(11-18)14-25/h4-6,9-12,20-21H,2-3,7-8,13,15-16H2,1H3/t20-/m0/s1. The number of nitriles is 1. The summed E-state index contributed by atoms with van der Waals surface area (Å²) in [5.41, 5.74) is 2.72. The van der Waals surface area contributed by atoms with Gasteiger partial charge < -0.3 is 14.4 Å². The Kier molecular flexibility index (Phi) is 5.71. The number of rotatable bonds is 6. The zero-order chi connectivity index (χ0) is 20.2. The molecule has 1 aliphatic carbocycles. The molecule has 0 aromatic heterocycles. The number of carbonyl (C=O) groups is 1. The average molecular weight is 390 g/mol. The molecule has 150 valence electrons. The summed E-state index contributed by atoms with van der Waals surface area (Å²) in [6.45, 7) is 1.21. The Balaban J connectivity index is 1.48. The lowest BCUT2D eigenvalue weighted by Gasteiger charge is -2.19. The van der Waals surface area contributed by atoms with Crippen molar-refractivity contribution in [2.45, 2.75) is 50.7 Å². The van der Waals surface area contributed by atoms with E-state index in [1.54, 1.807) is 13.2 Å². The minimum absolute atomic E-state index is 0.137. The molecule has 0 radical (unpaired) electrons. The first-order valence-electron chi connectivity index (χ1n) is 10.3. The van der Waals surface area contributed by atoms with Gasteiger partial charge in [0.2, 0.25) is 5.91 Å². The molecule has 0 spiro atoms. The van der Waals surface area contributed by atoms with Crippen LogP contribution in [0.25, 0.3) is 0 Å². The molecule has 1 heterocycles. The first-order chi connectivity index (χ1) is 14.2. The van der Waals surface area contributed by atoms with Crippen LogP contribution in [0.15, 0.2) is 42.5 Å². The third-order valence-corrected chi connectivity index (χ3v) is 5.90. The van der Waals surface area contributed by atoms with Gasteiger partial charge in [0.15, 0.2) is 11.5 Å². The number of amides is 1. The molecule has 5 nitrogen and oxygen atoms in total. The summed E-state index contributed by atoms with van der Waals surface area (Å²) >= 11 is 0. The van der Waals surface area contributed by atoms with Crippen LogP contribution in [0.1, 0.15) is 54.7 Å². The highest BCUT2D eigenvalue weighted by Crippen LogP contribution is 2.37. The molecule has 1 saturated heterocycles. The lowest BCUT2D eigenvalue weighted by atomic mass is 9.98. The van der Waals surface area contributed by atoms with Crippen LogP contribution in [-0.4, -0.2) is 30.6 Å². The molecule has 0 bridgehead atoms. The summed E-state index contributed by atoms with van der Waals surface area (Å²) in [5.74, 6) is 1.81. The molecule has 2 aromatic rings. The Bertz CT molecular complexity index is 928. The van der Waals surface area contributed by atoms with Gasteiger partial charge in [-0.15, -0.1) is 0 Å². The van der Waals surface area contributed by atoms with Crippen molar-refractivity contribution in [2.24, 2.45) is 0 Å². The van der Waals surface area contributed by atoms with Gasteiger partial charge in [0.25, 0.3) is 0 Å². The first-order valence-corrected chi connectivity index (χ1v) is 10.3. The molecular formula is C24H26N2O3. The van der Waals surface area contributed by atoms with E-state index < -0.39 is 0 Å². The highest BCUT2D eigenvalue weighted by molar-refractivity contribution is 5.80. The predicted molar refractivity (Wildman–Crippen MR) is 110 cm³/mol. The summed E-state index contributed by atoms with van der Waals surface area (Å²) in [6.07, 6.45) is 5.36. The van der Waals surface area contributed by atoms with Crippen molar-refractivity contribution < 1.29 is 14.3 Å². The van der Waals surface area contributed by atoms with Gasteiger partial charge in [-0.05, 0) is 61.1 Å². The topological polar surface area (TPSA) is 62.6 Å². The zero-order valence-electron chi connectivity index (χ0n) is 16.8. The number of hydrogen-bond acceptors (Lipinski definition) is 4. The Hall–Kier alpha value is -3.00. The monoisotopic (exact) mass is 390 g/mol. The van der Waals surface area contributed by atoms with Crippen LogP contribution in [0, 0.1) is 11.3 Å². The summed E-state index contributed by atoms with van der Waals surface area (Å²) in [5, 5.41) is 9.08. The summed E-state index contributed by atoms with van der Waals surface area (Å²) in [7, 11) is 1.66. The maximum absolute atomic E-state index is 12.6. The van der Waals surface area contributed by atoms with Crippen molar-refractivity contribution in [3.63, 3.8) is 0 Å². The van der Waals surface area contributed by atoms with E-state index in [0.29, 0.717) is 25.1 Å². The fraction of sp³-hybridized carbons (Fsp3) is 0.417. The number of methoxy groups -OCH3 is 1. The maximum Gasteiger partial charge on any atom is 0.223 e. The van der Waals surface area contributed by atoms with Crippen molar-refractivity contribution in [2.75, 3.05) is 13.7 Å². The first kappa shape index (κ1) is 19.3. The van der Waals surface area contributed by atoms with Gasteiger partial charge in [-0.3, -0.25) is 4.79 Å². The number of hydrogen-bond donors (Lipinski definition) is 0. The lowest BCUT2D eigenvalue weighted by Crippen LogP contribution is -2.24. The fourth-order valence-corrected chi connectivity index (χ4v) is 4.33. The van der Waals surface area contributed by atoms with Crippen LogP contribution in [0.3, 0.4) is 0 Å². The molecule has 1 aliphatic heterocycles. The van der Waals surface area contributed by atoms with Crippen LogP contribution < -0.4 is 9.47 Å². The van der Waals surface area contributed by atoms with Gasteiger partial charge in [-0.1, -0.05) is 18.2 Å². The molecule has 1 atom stereocenters. The number of ether oxygens (including phenoxy) is 2. The Labute approximate surface area is 171 Å². The third-order valence-electron chi connectivity index (χ3n) is 5.90. The van der Waals surface area contributed by atoms with E-state index in [1.165, 1.54) is 12.8 Å². The van der Waals surface area contributed by atoms with Gasteiger partial charge >= 0.3 is 0 Å². The molecular weight excluding hydrogens is 364 g/mol. The van der Waals surface area contributed by atoms with Crippen molar-refractivity contribution in [3.8, 4) is 17.6 Å². The summed E-state index contributed by atoms with van der Waals surface area (Å²) in [4.78, 5) is 14.5. The van der Waals surface area contributed by atoms with Crippen molar-refractivity contribution in [1.82, 2.24) is 4.90 Å². The van der Waals surface area contributed by atoms with E-state index in [2.05, 4.69) is 12.1 Å². The number of carbonyl (C=O) groups excluding carboxylic acids is 1. The van der Waals surface area contributed by atoms with Crippen LogP contribution in [0.4, 0.5) is 0 Å². The second kappa shape index (κ2) is 8.57. The molecule has 2 aliphatic rings. The Morgan fingerprint density at radius 1 is 1.14 bits per heavy atom. The Morgan fingerprint density at radius 2 is 1.97 bits per heavy atom. The zero-order valence-corrected chi connectivity index (χ0v) is 16.8. The third kappa shape index (κ3) is 4.37. The van der Waals surface area contributed by atoms with Gasteiger partial charge in [-0.2, -0.15) is 5.26 Å². The van der Waals surface area contributed by atoms with Gasteiger partial charge in [0.1, 0.15) is 0 Å². The number of benzene rings is 2. The van der Waals surface area contributed by atoms with Gasteiger partial charge in [0.05, 0.1) is 24.8 Å². The number of likely N-dealkylation sites (tertiary alicyclic amines) is 1. The minimum Gasteiger partial charge on any atom is -0.493 e. The van der Waals surface area contributed by atoms with E-state index in [-0.39, 0.29) is 17.9 Å². The number of nitrogens with zero attached hydrogens (tertiary/aromatic N) is 2. The van der Waals surface area contributed by atoms with Crippen molar-refractivity contribution in [1.29, 1.82) is 5.26 Å². The van der Waals surface area contributed by atoms with Crippen LogP contribution in [0.2, 0.25) is 0 Å². The largest absolute Gasteiger partial charge is 0.493 e. The molecule has 2 fully saturated rings. The molecule has 4 rings (SSSR count). The van der Waals surface area contributed by atoms with Crippen molar-refractivity contribution >= 4 is 5.91 Å². The molecule has 29 heavy (non-hydrogen) atoms. The van der Waals surface area contributed by atoms with Crippen LogP contribution >= 0.6 is 0 Å². The summed E-state index contributed by atoms with van der Waals surface area (Å²) in [6, 6.07) is 15.6. The molecule has 5 heteroatoms. The SMILES string of the molecule is COc1ccc([C@H]2CC(=O)N(Cc3cccc(C#N)c3)C2)cc1OC1CCCC1. The maximum atomic E-state index is 12.6. The van der Waals surface area contributed by atoms with E-state index >= 15 is 0 Å². The lowest BCUT2D eigenvalue weighted by molar-refractivity contribution is -0.128. The Morgan fingerprint density at radius 3 is 2.72 bits per heavy atom. The van der Waals surface area contributed by atoms with E-state index in [4.69, 9.17) is 14.7 Å². The molecule has 1 saturated carbocycles. The second-order valence-corrected chi connectivity index (χ2v) is 7.92. The van der Waals surface area contributed by atoms with Gasteiger partial charge in [-0.25, -0.2) is 0 Å². The molecule has 0 N–H and O–H groups in total. The molecule has 0 unspecified atom stereocenters. The summed E-state index contributed by atoms with van der Waals surface area (Å²) < 4.78 is 11.7. The second-order valence-electron chi connectivity index (χ2n) is 7.92. The van der Waals surface area contributed by atoms with E-state index in [1.807, 2.05) is 35.2 Å². The minimum atomic E-state index is 0.137. The fourth-order valence-electron chi connectivity index (χ4n) is 4.33. The quantitative estimate of drug-likeness (QED) is 0.733. The molecule has 2 aromatic carbocycles. The van der Waals surface area contributed by atoms with E-state index in [9.17, 15) is 4.79 Å². The smallest absolute Gasteiger partial charge is 0.223 e. The normalized spacial score (nSPS) is 19.4. The van der Waals surface area contributed by atoms with Crippen LogP contribution in [0.5, 0.6) is 11.5 Å². The molecule has 1 amide bonds. The predicted octanol–water partition coefficient (Wildman–Crippen LogP) is 4.40.